The van der Waals surface area contributed by atoms with E-state index in [9.17, 15) is 10.1 Å². The number of nitro groups is 1. The van der Waals surface area contributed by atoms with Crippen LogP contribution in [0, 0.1) is 10.1 Å². The van der Waals surface area contributed by atoms with Crippen molar-refractivity contribution >= 4 is 33.9 Å². The number of hydrogen-bond acceptors (Lipinski definition) is 6. The lowest BCUT2D eigenvalue weighted by atomic mass is 10.3. The maximum Gasteiger partial charge on any atom is 0.362 e. The van der Waals surface area contributed by atoms with E-state index in [1.807, 2.05) is 6.92 Å². The number of thioether (sulfide) groups is 1. The minimum atomic E-state index is -0.416. The van der Waals surface area contributed by atoms with Crippen LogP contribution >= 0.6 is 23.1 Å². The fraction of sp³-hybridized carbons (Fsp3) is 0.444. The third-order valence-electron chi connectivity index (χ3n) is 2.23. The SMILES string of the molecule is CC(CCO)Sc1nc2sccn2c1[N+](=O)[O-]. The van der Waals surface area contributed by atoms with E-state index >= 15 is 0 Å². The summed E-state index contributed by atoms with van der Waals surface area (Å²) in [6.07, 6.45) is 2.24. The van der Waals surface area contributed by atoms with Crippen LogP contribution in [0.1, 0.15) is 13.3 Å². The predicted octanol–water partition coefficient (Wildman–Crippen LogP) is 2.17. The number of nitrogens with zero attached hydrogens (tertiary/aromatic N) is 3. The van der Waals surface area contributed by atoms with Crippen LogP contribution in [-0.4, -0.2) is 31.3 Å². The van der Waals surface area contributed by atoms with Gasteiger partial charge in [0.1, 0.15) is 6.20 Å². The van der Waals surface area contributed by atoms with Crippen molar-refractivity contribution in [2.24, 2.45) is 0 Å². The number of aliphatic hydroxyl groups excluding tert-OH is 1. The fourth-order valence-corrected chi connectivity index (χ4v) is 3.22. The van der Waals surface area contributed by atoms with Gasteiger partial charge in [0.15, 0.2) is 5.03 Å². The standard InChI is InChI=1S/C9H11N3O3S2/c1-6(2-4-13)17-7-8(12(14)15)11-3-5-16-9(11)10-7/h3,5-6,13H,2,4H2,1H3. The zero-order valence-electron chi connectivity index (χ0n) is 9.07. The van der Waals surface area contributed by atoms with Gasteiger partial charge in [-0.2, -0.15) is 9.38 Å². The summed E-state index contributed by atoms with van der Waals surface area (Å²) in [6.45, 7) is 1.99. The second kappa shape index (κ2) is 5.03. The smallest absolute Gasteiger partial charge is 0.362 e. The molecule has 0 aromatic carbocycles. The summed E-state index contributed by atoms with van der Waals surface area (Å²) in [4.78, 5) is 15.5. The van der Waals surface area contributed by atoms with Crippen molar-refractivity contribution in [1.29, 1.82) is 0 Å². The molecule has 1 atom stereocenters. The summed E-state index contributed by atoms with van der Waals surface area (Å²) in [5, 5.41) is 22.1. The van der Waals surface area contributed by atoms with E-state index in [2.05, 4.69) is 4.98 Å². The zero-order valence-corrected chi connectivity index (χ0v) is 10.7. The van der Waals surface area contributed by atoms with Crippen LogP contribution in [0.5, 0.6) is 0 Å². The summed E-state index contributed by atoms with van der Waals surface area (Å²) < 4.78 is 1.48. The third kappa shape index (κ3) is 2.43. The van der Waals surface area contributed by atoms with Crippen LogP contribution in [0.3, 0.4) is 0 Å². The van der Waals surface area contributed by atoms with Crippen molar-refractivity contribution in [2.45, 2.75) is 23.6 Å². The average molecular weight is 273 g/mol. The molecular weight excluding hydrogens is 262 g/mol. The van der Waals surface area contributed by atoms with Gasteiger partial charge in [0, 0.05) is 17.2 Å². The number of thiazole rings is 1. The minimum absolute atomic E-state index is 0.0102. The molecule has 17 heavy (non-hydrogen) atoms. The molecule has 0 radical (unpaired) electrons. The van der Waals surface area contributed by atoms with E-state index in [-0.39, 0.29) is 17.7 Å². The molecule has 0 amide bonds. The normalized spacial score (nSPS) is 13.1. The first-order valence-corrected chi connectivity index (χ1v) is 6.77. The highest BCUT2D eigenvalue weighted by Gasteiger charge is 2.25. The quantitative estimate of drug-likeness (QED) is 0.513. The van der Waals surface area contributed by atoms with Gasteiger partial charge in [-0.1, -0.05) is 30.0 Å². The molecule has 2 heterocycles. The van der Waals surface area contributed by atoms with Crippen LogP contribution in [0.2, 0.25) is 0 Å². The van der Waals surface area contributed by atoms with Crippen molar-refractivity contribution in [3.8, 4) is 0 Å². The molecule has 2 aromatic heterocycles. The van der Waals surface area contributed by atoms with Gasteiger partial charge in [-0.15, -0.1) is 0 Å². The van der Waals surface area contributed by atoms with Crippen LogP contribution in [0.4, 0.5) is 5.82 Å². The molecule has 1 unspecified atom stereocenters. The molecule has 0 fully saturated rings. The number of aliphatic hydroxyl groups is 1. The second-order valence-corrected chi connectivity index (χ2v) is 5.79. The molecule has 1 N–H and O–H groups in total. The molecule has 8 heteroatoms. The van der Waals surface area contributed by atoms with Gasteiger partial charge >= 0.3 is 5.82 Å². The maximum atomic E-state index is 11.0. The van der Waals surface area contributed by atoms with E-state index in [4.69, 9.17) is 5.11 Å². The number of fused-ring (bicyclic) bond motifs is 1. The predicted molar refractivity (Wildman–Crippen MR) is 66.7 cm³/mol. The summed E-state index contributed by atoms with van der Waals surface area (Å²) >= 11 is 2.69. The first-order valence-electron chi connectivity index (χ1n) is 5.01. The molecule has 0 aliphatic heterocycles. The monoisotopic (exact) mass is 273 g/mol. The van der Waals surface area contributed by atoms with Crippen LogP contribution < -0.4 is 0 Å². The van der Waals surface area contributed by atoms with Crippen molar-refractivity contribution in [3.05, 3.63) is 21.7 Å². The zero-order chi connectivity index (χ0) is 12.4. The molecule has 92 valence electrons. The van der Waals surface area contributed by atoms with E-state index in [0.29, 0.717) is 16.4 Å². The number of imidazole rings is 1. The molecule has 2 rings (SSSR count). The van der Waals surface area contributed by atoms with E-state index in [1.165, 1.54) is 27.5 Å². The first-order chi connectivity index (χ1) is 8.13. The second-order valence-electron chi connectivity index (χ2n) is 3.49. The molecule has 0 bridgehead atoms. The highest BCUT2D eigenvalue weighted by Crippen LogP contribution is 2.34. The van der Waals surface area contributed by atoms with E-state index in [1.54, 1.807) is 11.6 Å². The Kier molecular flexibility index (Phi) is 3.65. The van der Waals surface area contributed by atoms with Gasteiger partial charge in [0.25, 0.3) is 4.96 Å². The van der Waals surface area contributed by atoms with Crippen LogP contribution in [0.15, 0.2) is 16.6 Å². The van der Waals surface area contributed by atoms with Gasteiger partial charge < -0.3 is 15.2 Å². The molecule has 0 spiro atoms. The highest BCUT2D eigenvalue weighted by atomic mass is 32.2. The summed E-state index contributed by atoms with van der Waals surface area (Å²) in [6, 6.07) is 0. The Bertz CT molecular complexity index is 537. The molecule has 0 aliphatic rings. The summed E-state index contributed by atoms with van der Waals surface area (Å²) in [5.41, 5.74) is 0. The topological polar surface area (TPSA) is 80.7 Å². The molecule has 6 nitrogen and oxygen atoms in total. The van der Waals surface area contributed by atoms with Crippen LogP contribution in [0.25, 0.3) is 4.96 Å². The molecular formula is C9H11N3O3S2. The van der Waals surface area contributed by atoms with Crippen molar-refractivity contribution in [1.82, 2.24) is 9.38 Å². The van der Waals surface area contributed by atoms with Crippen molar-refractivity contribution < 1.29 is 10.0 Å². The van der Waals surface area contributed by atoms with E-state index in [0.717, 1.165) is 0 Å². The molecule has 0 saturated carbocycles. The fourth-order valence-electron chi connectivity index (χ4n) is 1.43. The Morgan fingerprint density at radius 3 is 3.18 bits per heavy atom. The Balaban J connectivity index is 2.35. The number of aromatic nitrogens is 2. The molecule has 2 aromatic rings. The molecule has 0 aliphatic carbocycles. The lowest BCUT2D eigenvalue weighted by Gasteiger charge is -2.06. The summed E-state index contributed by atoms with van der Waals surface area (Å²) in [7, 11) is 0. The Labute approximate surface area is 105 Å². The Hall–Kier alpha value is -1.12. The summed E-state index contributed by atoms with van der Waals surface area (Å²) in [5.74, 6) is 0.0102. The lowest BCUT2D eigenvalue weighted by molar-refractivity contribution is -0.393. The first kappa shape index (κ1) is 12.3. The maximum absolute atomic E-state index is 11.0. The lowest BCUT2D eigenvalue weighted by Crippen LogP contribution is -2.01. The number of hydrogen-bond donors (Lipinski definition) is 1. The minimum Gasteiger partial charge on any atom is -0.396 e. The largest absolute Gasteiger partial charge is 0.396 e. The van der Waals surface area contributed by atoms with E-state index < -0.39 is 4.92 Å². The average Bonchev–Trinajstić information content (AvgIpc) is 2.76. The third-order valence-corrected chi connectivity index (χ3v) is 4.12. The van der Waals surface area contributed by atoms with Gasteiger partial charge in [-0.25, -0.2) is 0 Å². The Morgan fingerprint density at radius 2 is 2.53 bits per heavy atom. The molecule has 0 saturated heterocycles. The van der Waals surface area contributed by atoms with Gasteiger partial charge in [-0.05, 0) is 11.3 Å². The van der Waals surface area contributed by atoms with Gasteiger partial charge in [0.05, 0.1) is 0 Å². The Morgan fingerprint density at radius 1 is 1.76 bits per heavy atom. The van der Waals surface area contributed by atoms with Crippen LogP contribution in [-0.2, 0) is 0 Å². The van der Waals surface area contributed by atoms with Gasteiger partial charge in [0.2, 0.25) is 0 Å². The van der Waals surface area contributed by atoms with Gasteiger partial charge in [-0.3, -0.25) is 0 Å². The highest BCUT2D eigenvalue weighted by molar-refractivity contribution is 8.00. The van der Waals surface area contributed by atoms with Crippen molar-refractivity contribution in [3.63, 3.8) is 0 Å². The number of rotatable bonds is 5. The van der Waals surface area contributed by atoms with Crippen molar-refractivity contribution in [2.75, 3.05) is 6.61 Å².